The molecule has 1 aliphatic rings. The molecule has 3 heterocycles. The van der Waals surface area contributed by atoms with Gasteiger partial charge in [-0.25, -0.2) is 4.98 Å². The molecular formula is C28H26N4O3S2. The summed E-state index contributed by atoms with van der Waals surface area (Å²) >= 11 is 3.08. The van der Waals surface area contributed by atoms with Gasteiger partial charge in [0.15, 0.2) is 5.16 Å². The highest BCUT2D eigenvalue weighted by molar-refractivity contribution is 7.98. The van der Waals surface area contributed by atoms with Crippen LogP contribution in [-0.2, 0) is 18.6 Å². The van der Waals surface area contributed by atoms with Crippen LogP contribution in [0.3, 0.4) is 0 Å². The summed E-state index contributed by atoms with van der Waals surface area (Å²) in [4.78, 5) is 25.7. The number of thiophene rings is 1. The molecule has 0 fully saturated rings. The third kappa shape index (κ3) is 4.57. The molecule has 9 heteroatoms. The van der Waals surface area contributed by atoms with E-state index in [4.69, 9.17) is 14.2 Å². The predicted octanol–water partition coefficient (Wildman–Crippen LogP) is 6.38. The Kier molecular flexibility index (Phi) is 6.56. The topological polar surface area (TPSA) is 83.0 Å². The molecule has 0 bridgehead atoms. The second kappa shape index (κ2) is 10.1. The number of benzene rings is 2. The third-order valence-electron chi connectivity index (χ3n) is 6.54. The fourth-order valence-corrected chi connectivity index (χ4v) is 6.89. The fourth-order valence-electron chi connectivity index (χ4n) is 4.74. The highest BCUT2D eigenvalue weighted by atomic mass is 32.2. The zero-order valence-electron chi connectivity index (χ0n) is 20.7. The largest absolute Gasteiger partial charge is 0.494 e. The summed E-state index contributed by atoms with van der Waals surface area (Å²) in [6.07, 6.45) is 4.23. The van der Waals surface area contributed by atoms with Gasteiger partial charge in [-0.3, -0.25) is 9.36 Å². The first-order valence-electron chi connectivity index (χ1n) is 12.4. The van der Waals surface area contributed by atoms with Crippen LogP contribution in [0.25, 0.3) is 27.3 Å². The van der Waals surface area contributed by atoms with Gasteiger partial charge in [0, 0.05) is 10.4 Å². The van der Waals surface area contributed by atoms with Crippen LogP contribution in [0.1, 0.15) is 41.7 Å². The monoisotopic (exact) mass is 530 g/mol. The highest BCUT2D eigenvalue weighted by Crippen LogP contribution is 2.36. The van der Waals surface area contributed by atoms with E-state index in [1.807, 2.05) is 62.4 Å². The van der Waals surface area contributed by atoms with E-state index in [9.17, 15) is 4.79 Å². The molecule has 188 valence electrons. The molecule has 0 aliphatic heterocycles. The zero-order valence-corrected chi connectivity index (χ0v) is 22.3. The molecule has 1 aliphatic carbocycles. The van der Waals surface area contributed by atoms with Gasteiger partial charge in [-0.1, -0.05) is 41.2 Å². The molecule has 0 saturated carbocycles. The molecule has 0 N–H and O–H groups in total. The second-order valence-corrected chi connectivity index (χ2v) is 11.0. The normalized spacial score (nSPS) is 13.1. The number of thioether (sulfide) groups is 1. The Labute approximate surface area is 222 Å². The fraction of sp³-hybridized carbons (Fsp3) is 0.286. The van der Waals surface area contributed by atoms with Crippen molar-refractivity contribution in [3.8, 4) is 22.8 Å². The maximum Gasteiger partial charge on any atom is 0.267 e. The summed E-state index contributed by atoms with van der Waals surface area (Å²) in [5.74, 6) is 2.22. The first-order chi connectivity index (χ1) is 18.1. The molecule has 0 unspecified atom stereocenters. The predicted molar refractivity (Wildman–Crippen MR) is 147 cm³/mol. The zero-order chi connectivity index (χ0) is 25.4. The minimum absolute atomic E-state index is 0.0258. The lowest BCUT2D eigenvalue weighted by Gasteiger charge is -2.13. The van der Waals surface area contributed by atoms with Crippen molar-refractivity contribution < 1.29 is 9.26 Å². The van der Waals surface area contributed by atoms with Gasteiger partial charge >= 0.3 is 0 Å². The van der Waals surface area contributed by atoms with Gasteiger partial charge in [-0.05, 0) is 74.9 Å². The van der Waals surface area contributed by atoms with Gasteiger partial charge in [0.05, 0.1) is 23.4 Å². The summed E-state index contributed by atoms with van der Waals surface area (Å²) in [6, 6.07) is 15.5. The average molecular weight is 531 g/mol. The molecule has 2 aromatic carbocycles. The third-order valence-corrected chi connectivity index (χ3v) is 8.65. The molecule has 0 saturated heterocycles. The van der Waals surface area contributed by atoms with Gasteiger partial charge in [-0.2, -0.15) is 4.98 Å². The molecule has 0 atom stereocenters. The van der Waals surface area contributed by atoms with Crippen molar-refractivity contribution in [2.24, 2.45) is 0 Å². The molecule has 0 spiro atoms. The Morgan fingerprint density at radius 1 is 1.08 bits per heavy atom. The molecule has 7 nitrogen and oxygen atoms in total. The van der Waals surface area contributed by atoms with E-state index in [-0.39, 0.29) is 5.56 Å². The van der Waals surface area contributed by atoms with Gasteiger partial charge in [0.1, 0.15) is 10.6 Å². The Hall–Kier alpha value is -3.43. The summed E-state index contributed by atoms with van der Waals surface area (Å²) in [7, 11) is 0. The van der Waals surface area contributed by atoms with E-state index < -0.39 is 0 Å². The van der Waals surface area contributed by atoms with Crippen LogP contribution in [0, 0.1) is 6.92 Å². The quantitative estimate of drug-likeness (QED) is 0.178. The number of hydrogen-bond donors (Lipinski definition) is 0. The Morgan fingerprint density at radius 2 is 1.89 bits per heavy atom. The van der Waals surface area contributed by atoms with Crippen LogP contribution in [0.15, 0.2) is 63.0 Å². The summed E-state index contributed by atoms with van der Waals surface area (Å²) in [5, 5.41) is 5.55. The van der Waals surface area contributed by atoms with Crippen molar-refractivity contribution in [3.63, 3.8) is 0 Å². The number of aryl methyl sites for hydroxylation is 3. The minimum Gasteiger partial charge on any atom is -0.494 e. The van der Waals surface area contributed by atoms with E-state index >= 15 is 0 Å². The lowest BCUT2D eigenvalue weighted by molar-refractivity contribution is 0.340. The number of nitrogens with zero attached hydrogens (tertiary/aromatic N) is 4. The first kappa shape index (κ1) is 23.9. The SMILES string of the molecule is CCOc1ccc(-n2c(SCc3nc(-c4ccccc4C)no3)nc3sc4c(c3c2=O)CCCC4)cc1. The second-order valence-electron chi connectivity index (χ2n) is 8.97. The van der Waals surface area contributed by atoms with Crippen molar-refractivity contribution in [1.29, 1.82) is 0 Å². The summed E-state index contributed by atoms with van der Waals surface area (Å²) < 4.78 is 12.9. The van der Waals surface area contributed by atoms with Crippen molar-refractivity contribution >= 4 is 33.3 Å². The Balaban J connectivity index is 1.39. The number of fused-ring (bicyclic) bond motifs is 3. The average Bonchev–Trinajstić information content (AvgIpc) is 3.53. The highest BCUT2D eigenvalue weighted by Gasteiger charge is 2.23. The van der Waals surface area contributed by atoms with E-state index in [0.29, 0.717) is 29.2 Å². The maximum atomic E-state index is 14.0. The molecule has 5 aromatic rings. The maximum absolute atomic E-state index is 14.0. The first-order valence-corrected chi connectivity index (χ1v) is 14.2. The van der Waals surface area contributed by atoms with Crippen molar-refractivity contribution in [2.75, 3.05) is 6.61 Å². The van der Waals surface area contributed by atoms with E-state index in [0.717, 1.165) is 58.5 Å². The van der Waals surface area contributed by atoms with Crippen molar-refractivity contribution in [1.82, 2.24) is 19.7 Å². The van der Waals surface area contributed by atoms with Gasteiger partial charge in [0.25, 0.3) is 5.56 Å². The van der Waals surface area contributed by atoms with Crippen LogP contribution in [0.4, 0.5) is 0 Å². The van der Waals surface area contributed by atoms with Crippen LogP contribution >= 0.6 is 23.1 Å². The van der Waals surface area contributed by atoms with E-state index in [1.165, 1.54) is 22.2 Å². The van der Waals surface area contributed by atoms with Gasteiger partial charge in [0.2, 0.25) is 11.7 Å². The van der Waals surface area contributed by atoms with Crippen LogP contribution < -0.4 is 10.3 Å². The van der Waals surface area contributed by atoms with Crippen molar-refractivity contribution in [3.05, 3.63) is 80.8 Å². The Bertz CT molecular complexity index is 1640. The summed E-state index contributed by atoms with van der Waals surface area (Å²) in [5.41, 5.74) is 3.94. The molecule has 6 rings (SSSR count). The minimum atomic E-state index is -0.0258. The van der Waals surface area contributed by atoms with E-state index in [1.54, 1.807) is 15.9 Å². The molecule has 0 amide bonds. The van der Waals surface area contributed by atoms with Crippen LogP contribution in [-0.4, -0.2) is 26.3 Å². The smallest absolute Gasteiger partial charge is 0.267 e. The molecule has 0 radical (unpaired) electrons. The van der Waals surface area contributed by atoms with Crippen LogP contribution in [0.5, 0.6) is 5.75 Å². The van der Waals surface area contributed by atoms with Gasteiger partial charge in [-0.15, -0.1) is 11.3 Å². The number of rotatable bonds is 7. The lowest BCUT2D eigenvalue weighted by Crippen LogP contribution is -2.22. The Morgan fingerprint density at radius 3 is 2.70 bits per heavy atom. The van der Waals surface area contributed by atoms with E-state index in [2.05, 4.69) is 10.1 Å². The van der Waals surface area contributed by atoms with Crippen molar-refractivity contribution in [2.45, 2.75) is 50.4 Å². The number of hydrogen-bond acceptors (Lipinski definition) is 8. The molecule has 3 aromatic heterocycles. The summed E-state index contributed by atoms with van der Waals surface area (Å²) in [6.45, 7) is 4.56. The number of ether oxygens (including phenoxy) is 1. The number of aromatic nitrogens is 4. The van der Waals surface area contributed by atoms with Gasteiger partial charge < -0.3 is 9.26 Å². The molecular weight excluding hydrogens is 504 g/mol. The lowest BCUT2D eigenvalue weighted by atomic mass is 9.97. The standard InChI is InChI=1S/C28H26N4O3S2/c1-3-34-19-14-12-18(13-15-19)32-27(33)24-21-10-6-7-11-22(21)37-26(24)30-28(32)36-16-23-29-25(31-35-23)20-9-5-4-8-17(20)2/h4-5,8-9,12-15H,3,6-7,10-11,16H2,1-2H3. The molecule has 37 heavy (non-hydrogen) atoms. The van der Waals surface area contributed by atoms with Crippen LogP contribution in [0.2, 0.25) is 0 Å².